The fraction of sp³-hybridized carbons (Fsp3) is 0.318. The predicted octanol–water partition coefficient (Wildman–Crippen LogP) is 4.47. The van der Waals surface area contributed by atoms with Crippen molar-refractivity contribution in [2.24, 2.45) is 0 Å². The van der Waals surface area contributed by atoms with Gasteiger partial charge in [-0.25, -0.2) is 0 Å². The predicted molar refractivity (Wildman–Crippen MR) is 114 cm³/mol. The van der Waals surface area contributed by atoms with Gasteiger partial charge in [0.2, 0.25) is 0 Å². The summed E-state index contributed by atoms with van der Waals surface area (Å²) in [5, 5.41) is -0.459. The molecule has 6 nitrogen and oxygen atoms in total. The molecule has 0 unspecified atom stereocenters. The number of thioether (sulfide) groups is 1. The van der Waals surface area contributed by atoms with Gasteiger partial charge >= 0.3 is 5.97 Å². The SMILES string of the molecule is CC[C@@H](C)OC(=O)CN1C(=O)S/C(=C/c2cc(C)n(-c3ccccc3)c2C)C1=O. The molecule has 1 fully saturated rings. The van der Waals surface area contributed by atoms with E-state index >= 15 is 0 Å². The number of imide groups is 1. The number of ether oxygens (including phenoxy) is 1. The third-order valence-electron chi connectivity index (χ3n) is 4.84. The number of nitrogens with zero attached hydrogens (tertiary/aromatic N) is 2. The summed E-state index contributed by atoms with van der Waals surface area (Å²) < 4.78 is 7.28. The molecule has 0 radical (unpaired) electrons. The summed E-state index contributed by atoms with van der Waals surface area (Å²) in [6, 6.07) is 11.9. The minimum Gasteiger partial charge on any atom is -0.461 e. The van der Waals surface area contributed by atoms with Crippen molar-refractivity contribution in [1.82, 2.24) is 9.47 Å². The van der Waals surface area contributed by atoms with Crippen LogP contribution in [0.2, 0.25) is 0 Å². The van der Waals surface area contributed by atoms with Crippen LogP contribution in [0.3, 0.4) is 0 Å². The van der Waals surface area contributed by atoms with Gasteiger partial charge in [-0.15, -0.1) is 0 Å². The van der Waals surface area contributed by atoms with Crippen molar-refractivity contribution in [2.75, 3.05) is 6.54 Å². The lowest BCUT2D eigenvalue weighted by Gasteiger charge is -2.14. The Morgan fingerprint density at radius 3 is 2.55 bits per heavy atom. The Kier molecular flexibility index (Phi) is 6.27. The number of aryl methyl sites for hydroxylation is 1. The van der Waals surface area contributed by atoms with Gasteiger partial charge in [0.05, 0.1) is 11.0 Å². The average molecular weight is 413 g/mol. The van der Waals surface area contributed by atoms with E-state index in [1.165, 1.54) is 0 Å². The minimum atomic E-state index is -0.579. The highest BCUT2D eigenvalue weighted by Crippen LogP contribution is 2.33. The molecule has 152 valence electrons. The number of rotatable bonds is 6. The summed E-state index contributed by atoms with van der Waals surface area (Å²) in [5.74, 6) is -1.05. The number of carbonyl (C=O) groups is 3. The standard InChI is InChI=1S/C22H24N2O4S/c1-5-15(3)28-20(25)13-23-21(26)19(29-22(23)27)12-17-11-14(2)24(16(17)4)18-9-7-6-8-10-18/h6-12,15H,5,13H2,1-4H3/b19-12+/t15-/m1/s1. The largest absolute Gasteiger partial charge is 0.461 e. The molecule has 7 heteroatoms. The maximum atomic E-state index is 12.7. The van der Waals surface area contributed by atoms with Crippen molar-refractivity contribution in [3.05, 3.63) is 58.3 Å². The van der Waals surface area contributed by atoms with Crippen LogP contribution in [0.25, 0.3) is 11.8 Å². The van der Waals surface area contributed by atoms with Gasteiger partial charge in [-0.3, -0.25) is 19.3 Å². The molecule has 1 aromatic carbocycles. The van der Waals surface area contributed by atoms with Gasteiger partial charge in [0, 0.05) is 17.1 Å². The van der Waals surface area contributed by atoms with Crippen LogP contribution in [-0.4, -0.2) is 39.2 Å². The van der Waals surface area contributed by atoms with Crippen LogP contribution < -0.4 is 0 Å². The molecule has 1 aromatic heterocycles. The third kappa shape index (κ3) is 4.45. The normalized spacial score (nSPS) is 16.6. The molecule has 0 aliphatic carbocycles. The Morgan fingerprint density at radius 1 is 1.21 bits per heavy atom. The van der Waals surface area contributed by atoms with Crippen LogP contribution in [0.5, 0.6) is 0 Å². The van der Waals surface area contributed by atoms with Crippen molar-refractivity contribution in [1.29, 1.82) is 0 Å². The van der Waals surface area contributed by atoms with Gasteiger partial charge in [0.25, 0.3) is 11.1 Å². The number of aromatic nitrogens is 1. The first-order valence-corrected chi connectivity index (χ1v) is 10.3. The highest BCUT2D eigenvalue weighted by Gasteiger charge is 2.37. The molecule has 1 aliphatic heterocycles. The van der Waals surface area contributed by atoms with E-state index in [0.717, 1.165) is 39.3 Å². The van der Waals surface area contributed by atoms with E-state index in [9.17, 15) is 14.4 Å². The molecule has 1 saturated heterocycles. The molecule has 0 N–H and O–H groups in total. The van der Waals surface area contributed by atoms with Gasteiger partial charge in [-0.05, 0) is 68.8 Å². The first-order chi connectivity index (χ1) is 13.8. The van der Waals surface area contributed by atoms with E-state index in [4.69, 9.17) is 4.74 Å². The van der Waals surface area contributed by atoms with Gasteiger partial charge in [0.1, 0.15) is 6.54 Å². The summed E-state index contributed by atoms with van der Waals surface area (Å²) in [6.07, 6.45) is 2.14. The number of hydrogen-bond donors (Lipinski definition) is 0. The van der Waals surface area contributed by atoms with Crippen molar-refractivity contribution < 1.29 is 19.1 Å². The maximum absolute atomic E-state index is 12.7. The summed E-state index contributed by atoms with van der Waals surface area (Å²) in [4.78, 5) is 38.2. The topological polar surface area (TPSA) is 68.6 Å². The number of benzene rings is 1. The van der Waals surface area contributed by atoms with Crippen LogP contribution in [-0.2, 0) is 14.3 Å². The Labute approximate surface area is 174 Å². The monoisotopic (exact) mass is 412 g/mol. The lowest BCUT2D eigenvalue weighted by atomic mass is 10.2. The van der Waals surface area contributed by atoms with Crippen molar-refractivity contribution in [2.45, 2.75) is 40.2 Å². The van der Waals surface area contributed by atoms with E-state index in [1.807, 2.05) is 57.2 Å². The number of amides is 2. The molecule has 2 aromatic rings. The Morgan fingerprint density at radius 2 is 1.90 bits per heavy atom. The third-order valence-corrected chi connectivity index (χ3v) is 5.75. The second-order valence-electron chi connectivity index (χ2n) is 6.97. The smallest absolute Gasteiger partial charge is 0.326 e. The average Bonchev–Trinajstić information content (AvgIpc) is 3.12. The Balaban J connectivity index is 1.82. The summed E-state index contributed by atoms with van der Waals surface area (Å²) in [6.45, 7) is 7.27. The van der Waals surface area contributed by atoms with Crippen molar-refractivity contribution in [3.63, 3.8) is 0 Å². The molecule has 0 spiro atoms. The highest BCUT2D eigenvalue weighted by molar-refractivity contribution is 8.18. The molecule has 1 atom stereocenters. The first-order valence-electron chi connectivity index (χ1n) is 9.51. The van der Waals surface area contributed by atoms with Crippen molar-refractivity contribution in [3.8, 4) is 5.69 Å². The second-order valence-corrected chi connectivity index (χ2v) is 7.97. The highest BCUT2D eigenvalue weighted by atomic mass is 32.2. The molecule has 0 saturated carbocycles. The minimum absolute atomic E-state index is 0.249. The van der Waals surface area contributed by atoms with E-state index in [-0.39, 0.29) is 12.6 Å². The molecule has 0 bridgehead atoms. The van der Waals surface area contributed by atoms with E-state index in [1.54, 1.807) is 13.0 Å². The summed E-state index contributed by atoms with van der Waals surface area (Å²) in [5.41, 5.74) is 3.88. The van der Waals surface area contributed by atoms with Gasteiger partial charge in [-0.2, -0.15) is 0 Å². The lowest BCUT2D eigenvalue weighted by Crippen LogP contribution is -2.35. The summed E-state index contributed by atoms with van der Waals surface area (Å²) in [7, 11) is 0. The molecule has 29 heavy (non-hydrogen) atoms. The van der Waals surface area contributed by atoms with E-state index in [0.29, 0.717) is 11.3 Å². The van der Waals surface area contributed by atoms with Crippen LogP contribution in [0.1, 0.15) is 37.2 Å². The number of para-hydroxylation sites is 1. The van der Waals surface area contributed by atoms with Gasteiger partial charge in [0.15, 0.2) is 0 Å². The first kappa shape index (κ1) is 20.9. The Bertz CT molecular complexity index is 978. The lowest BCUT2D eigenvalue weighted by molar-refractivity contribution is -0.150. The Hall–Kier alpha value is -2.80. The quantitative estimate of drug-likeness (QED) is 0.517. The fourth-order valence-corrected chi connectivity index (χ4v) is 3.99. The molecule has 1 aliphatic rings. The summed E-state index contributed by atoms with van der Waals surface area (Å²) >= 11 is 0.844. The second kappa shape index (κ2) is 8.69. The van der Waals surface area contributed by atoms with Crippen LogP contribution >= 0.6 is 11.8 Å². The van der Waals surface area contributed by atoms with Gasteiger partial charge < -0.3 is 9.30 Å². The van der Waals surface area contributed by atoms with Crippen LogP contribution in [0, 0.1) is 13.8 Å². The molecular weight excluding hydrogens is 388 g/mol. The number of hydrogen-bond acceptors (Lipinski definition) is 5. The zero-order valence-corrected chi connectivity index (χ0v) is 17.8. The zero-order chi connectivity index (χ0) is 21.1. The van der Waals surface area contributed by atoms with Gasteiger partial charge in [-0.1, -0.05) is 25.1 Å². The maximum Gasteiger partial charge on any atom is 0.326 e. The number of esters is 1. The fourth-order valence-electron chi connectivity index (χ4n) is 3.16. The molecule has 2 amide bonds. The molecule has 2 heterocycles. The van der Waals surface area contributed by atoms with E-state index < -0.39 is 17.1 Å². The van der Waals surface area contributed by atoms with Crippen LogP contribution in [0.4, 0.5) is 4.79 Å². The molecular formula is C22H24N2O4S. The zero-order valence-electron chi connectivity index (χ0n) is 17.0. The van der Waals surface area contributed by atoms with E-state index in [2.05, 4.69) is 4.57 Å². The van der Waals surface area contributed by atoms with Crippen LogP contribution in [0.15, 0.2) is 41.3 Å². The molecule has 3 rings (SSSR count). The van der Waals surface area contributed by atoms with Crippen molar-refractivity contribution >= 4 is 35.0 Å². The number of carbonyl (C=O) groups excluding carboxylic acids is 3.